The maximum absolute atomic E-state index is 6.22. The molecule has 0 saturated carbocycles. The number of ether oxygens (including phenoxy) is 2. The number of anilines is 1. The summed E-state index contributed by atoms with van der Waals surface area (Å²) >= 11 is 0. The number of benzene rings is 1. The molecule has 1 aromatic heterocycles. The van der Waals surface area contributed by atoms with Crippen LogP contribution in [0.2, 0.25) is 0 Å². The van der Waals surface area contributed by atoms with E-state index >= 15 is 0 Å². The largest absolute Gasteiger partial charge is 0.488 e. The van der Waals surface area contributed by atoms with Gasteiger partial charge in [-0.25, -0.2) is 9.98 Å². The summed E-state index contributed by atoms with van der Waals surface area (Å²) in [6, 6.07) is 10.6. The minimum atomic E-state index is 0.133. The maximum atomic E-state index is 6.22. The molecule has 0 spiro atoms. The number of hydrogen-bond donors (Lipinski definition) is 2. The van der Waals surface area contributed by atoms with Crippen LogP contribution in [-0.2, 0) is 17.8 Å². The third-order valence-corrected chi connectivity index (χ3v) is 5.85. The molecule has 2 aromatic rings. The van der Waals surface area contributed by atoms with Crippen molar-refractivity contribution in [1.29, 1.82) is 0 Å². The van der Waals surface area contributed by atoms with Crippen molar-refractivity contribution in [2.45, 2.75) is 52.3 Å². The summed E-state index contributed by atoms with van der Waals surface area (Å²) in [7, 11) is 0. The molecule has 1 atom stereocenters. The molecule has 7 nitrogen and oxygen atoms in total. The molecule has 172 valence electrons. The van der Waals surface area contributed by atoms with E-state index in [0.717, 1.165) is 61.3 Å². The second-order valence-electron chi connectivity index (χ2n) is 8.48. The first-order valence-corrected chi connectivity index (χ1v) is 11.8. The molecule has 4 rings (SSSR count). The van der Waals surface area contributed by atoms with E-state index in [1.165, 1.54) is 18.4 Å². The second-order valence-corrected chi connectivity index (χ2v) is 8.48. The number of rotatable bonds is 8. The van der Waals surface area contributed by atoms with Crippen molar-refractivity contribution >= 4 is 11.8 Å². The summed E-state index contributed by atoms with van der Waals surface area (Å²) in [5, 5.41) is 6.78. The predicted molar refractivity (Wildman–Crippen MR) is 128 cm³/mol. The Hall–Kier alpha value is -2.80. The lowest BCUT2D eigenvalue weighted by molar-refractivity contribution is 0.140. The van der Waals surface area contributed by atoms with E-state index in [9.17, 15) is 0 Å². The Morgan fingerprint density at radius 1 is 1.22 bits per heavy atom. The van der Waals surface area contributed by atoms with Crippen LogP contribution < -0.4 is 20.3 Å². The average Bonchev–Trinajstić information content (AvgIpc) is 3.52. The summed E-state index contributed by atoms with van der Waals surface area (Å²) in [5.74, 6) is 2.78. The monoisotopic (exact) mass is 437 g/mol. The van der Waals surface area contributed by atoms with Gasteiger partial charge in [0.1, 0.15) is 17.7 Å². The van der Waals surface area contributed by atoms with Crippen LogP contribution in [0.3, 0.4) is 0 Å². The predicted octanol–water partition coefficient (Wildman–Crippen LogP) is 3.41. The van der Waals surface area contributed by atoms with E-state index < -0.39 is 0 Å². The number of guanidine groups is 1. The Labute approximate surface area is 191 Å². The van der Waals surface area contributed by atoms with Crippen LogP contribution in [0.5, 0.6) is 5.75 Å². The molecule has 2 saturated heterocycles. The van der Waals surface area contributed by atoms with E-state index in [1.54, 1.807) is 0 Å². The zero-order valence-corrected chi connectivity index (χ0v) is 19.3. The van der Waals surface area contributed by atoms with Crippen LogP contribution in [0.4, 0.5) is 5.82 Å². The SMILES string of the molecule is CCNC(=NCc1ccc(N2CCCC2)nc1)NCc1ccc(C)cc1OC1CCOC1. The summed E-state index contributed by atoms with van der Waals surface area (Å²) in [6.45, 7) is 9.84. The molecule has 0 amide bonds. The van der Waals surface area contributed by atoms with Crippen molar-refractivity contribution < 1.29 is 9.47 Å². The van der Waals surface area contributed by atoms with E-state index in [4.69, 9.17) is 14.5 Å². The van der Waals surface area contributed by atoms with Gasteiger partial charge in [-0.2, -0.15) is 0 Å². The summed E-state index contributed by atoms with van der Waals surface area (Å²) in [6.07, 6.45) is 5.53. The van der Waals surface area contributed by atoms with Crippen LogP contribution in [0.1, 0.15) is 42.9 Å². The average molecular weight is 438 g/mol. The number of hydrogen-bond acceptors (Lipinski definition) is 5. The molecule has 32 heavy (non-hydrogen) atoms. The normalized spacial score (nSPS) is 18.8. The van der Waals surface area contributed by atoms with Crippen molar-refractivity contribution in [3.8, 4) is 5.75 Å². The Kier molecular flexibility index (Phi) is 7.82. The van der Waals surface area contributed by atoms with Crippen molar-refractivity contribution in [2.24, 2.45) is 4.99 Å². The lowest BCUT2D eigenvalue weighted by Gasteiger charge is -2.18. The number of aromatic nitrogens is 1. The van der Waals surface area contributed by atoms with Crippen molar-refractivity contribution in [3.05, 3.63) is 53.2 Å². The number of aliphatic imine (C=N–C) groups is 1. The van der Waals surface area contributed by atoms with Gasteiger partial charge in [-0.15, -0.1) is 0 Å². The first kappa shape index (κ1) is 22.4. The minimum Gasteiger partial charge on any atom is -0.488 e. The highest BCUT2D eigenvalue weighted by atomic mass is 16.5. The summed E-state index contributed by atoms with van der Waals surface area (Å²) < 4.78 is 11.7. The molecule has 0 radical (unpaired) electrons. The third kappa shape index (κ3) is 6.13. The highest BCUT2D eigenvalue weighted by Gasteiger charge is 2.19. The lowest BCUT2D eigenvalue weighted by atomic mass is 10.1. The molecule has 2 N–H and O–H groups in total. The first-order chi connectivity index (χ1) is 15.7. The van der Waals surface area contributed by atoms with E-state index in [2.05, 4.69) is 64.7 Å². The van der Waals surface area contributed by atoms with Crippen molar-refractivity contribution in [3.63, 3.8) is 0 Å². The van der Waals surface area contributed by atoms with E-state index in [0.29, 0.717) is 19.7 Å². The number of pyridine rings is 1. The van der Waals surface area contributed by atoms with Gasteiger partial charge in [0, 0.05) is 44.4 Å². The van der Waals surface area contributed by atoms with Crippen LogP contribution in [0.25, 0.3) is 0 Å². The molecule has 0 aliphatic carbocycles. The van der Waals surface area contributed by atoms with Gasteiger partial charge < -0.3 is 25.0 Å². The van der Waals surface area contributed by atoms with Gasteiger partial charge >= 0.3 is 0 Å². The molecular weight excluding hydrogens is 402 g/mol. The summed E-state index contributed by atoms with van der Waals surface area (Å²) in [4.78, 5) is 11.7. The Morgan fingerprint density at radius 3 is 2.81 bits per heavy atom. The van der Waals surface area contributed by atoms with Gasteiger partial charge in [-0.1, -0.05) is 18.2 Å². The molecule has 1 unspecified atom stereocenters. The van der Waals surface area contributed by atoms with Gasteiger partial charge in [-0.3, -0.25) is 0 Å². The molecule has 7 heteroatoms. The fourth-order valence-corrected chi connectivity index (χ4v) is 4.04. The number of nitrogens with zero attached hydrogens (tertiary/aromatic N) is 3. The molecule has 3 heterocycles. The van der Waals surface area contributed by atoms with E-state index in [1.807, 2.05) is 6.20 Å². The zero-order chi connectivity index (χ0) is 22.2. The quantitative estimate of drug-likeness (QED) is 0.487. The molecular formula is C25H35N5O2. The van der Waals surface area contributed by atoms with Crippen LogP contribution in [-0.4, -0.2) is 49.9 Å². The van der Waals surface area contributed by atoms with E-state index in [-0.39, 0.29) is 6.10 Å². The topological polar surface area (TPSA) is 71.0 Å². The van der Waals surface area contributed by atoms with Crippen molar-refractivity contribution in [1.82, 2.24) is 15.6 Å². The third-order valence-electron chi connectivity index (χ3n) is 5.85. The second kappa shape index (κ2) is 11.2. The molecule has 2 fully saturated rings. The van der Waals surface area contributed by atoms with Gasteiger partial charge in [0.2, 0.25) is 0 Å². The highest BCUT2D eigenvalue weighted by molar-refractivity contribution is 5.79. The van der Waals surface area contributed by atoms with Crippen LogP contribution >= 0.6 is 0 Å². The number of nitrogens with one attached hydrogen (secondary N) is 2. The lowest BCUT2D eigenvalue weighted by Crippen LogP contribution is -2.37. The Morgan fingerprint density at radius 2 is 2.09 bits per heavy atom. The van der Waals surface area contributed by atoms with Crippen molar-refractivity contribution in [2.75, 3.05) is 37.7 Å². The standard InChI is InChI=1S/C25H35N5O2/c1-3-26-25(28-16-20-7-9-24(27-15-20)30-11-4-5-12-30)29-17-21-8-6-19(2)14-23(21)32-22-10-13-31-18-22/h6-9,14-15,22H,3-5,10-13,16-18H2,1-2H3,(H2,26,28,29). The van der Waals surface area contributed by atoms with Crippen LogP contribution in [0, 0.1) is 6.92 Å². The first-order valence-electron chi connectivity index (χ1n) is 11.8. The maximum Gasteiger partial charge on any atom is 0.191 e. The van der Waals surface area contributed by atoms with Gasteiger partial charge in [0.25, 0.3) is 0 Å². The number of aryl methyl sites for hydroxylation is 1. The fourth-order valence-electron chi connectivity index (χ4n) is 4.04. The smallest absolute Gasteiger partial charge is 0.191 e. The van der Waals surface area contributed by atoms with Gasteiger partial charge in [0.15, 0.2) is 5.96 Å². The molecule has 2 aliphatic rings. The fraction of sp³-hybridized carbons (Fsp3) is 0.520. The van der Waals surface area contributed by atoms with Gasteiger partial charge in [-0.05, 0) is 49.9 Å². The molecule has 1 aromatic carbocycles. The zero-order valence-electron chi connectivity index (χ0n) is 19.3. The Bertz CT molecular complexity index is 888. The highest BCUT2D eigenvalue weighted by Crippen LogP contribution is 2.24. The molecule has 0 bridgehead atoms. The minimum absolute atomic E-state index is 0.133. The Balaban J connectivity index is 1.37. The van der Waals surface area contributed by atoms with Gasteiger partial charge in [0.05, 0.1) is 19.8 Å². The van der Waals surface area contributed by atoms with Crippen LogP contribution in [0.15, 0.2) is 41.5 Å². The summed E-state index contributed by atoms with van der Waals surface area (Å²) in [5.41, 5.74) is 3.41. The molecule has 2 aliphatic heterocycles.